The van der Waals surface area contributed by atoms with Gasteiger partial charge in [0.1, 0.15) is 5.56 Å². The van der Waals surface area contributed by atoms with Gasteiger partial charge in [-0.15, -0.1) is 0 Å². The molecule has 2 aromatic carbocycles. The topological polar surface area (TPSA) is 118 Å². The molecule has 0 amide bonds. The highest BCUT2D eigenvalue weighted by Gasteiger charge is 2.17. The van der Waals surface area contributed by atoms with Gasteiger partial charge in [-0.2, -0.15) is 0 Å². The van der Waals surface area contributed by atoms with E-state index in [9.17, 15) is 19.5 Å². The van der Waals surface area contributed by atoms with Gasteiger partial charge in [-0.25, -0.2) is 14.2 Å². The van der Waals surface area contributed by atoms with Gasteiger partial charge in [-0.3, -0.25) is 23.9 Å². The predicted octanol–water partition coefficient (Wildman–Crippen LogP) is 1.55. The normalized spacial score (nSPS) is 11.5. The summed E-state index contributed by atoms with van der Waals surface area (Å²) < 4.78 is 4.09. The van der Waals surface area contributed by atoms with Crippen molar-refractivity contribution in [2.75, 3.05) is 19.0 Å². The summed E-state index contributed by atoms with van der Waals surface area (Å²) in [6.07, 6.45) is 1.22. The third-order valence-corrected chi connectivity index (χ3v) is 5.66. The molecule has 0 saturated carbocycles. The van der Waals surface area contributed by atoms with Crippen molar-refractivity contribution in [1.29, 1.82) is 0 Å². The van der Waals surface area contributed by atoms with E-state index in [-0.39, 0.29) is 11.3 Å². The van der Waals surface area contributed by atoms with Crippen LogP contribution in [0, 0.1) is 6.92 Å². The fraction of sp³-hybridized carbons (Fsp3) is 0.217. The van der Waals surface area contributed by atoms with E-state index < -0.39 is 17.1 Å². The molecule has 10 heteroatoms. The molecule has 0 radical (unpaired) electrons. The molecule has 2 heterocycles. The van der Waals surface area contributed by atoms with Crippen LogP contribution in [0.4, 0.5) is 11.4 Å². The molecule has 0 bridgehead atoms. The van der Waals surface area contributed by atoms with Crippen molar-refractivity contribution < 1.29 is 5.11 Å². The maximum absolute atomic E-state index is 12.5. The zero-order valence-corrected chi connectivity index (χ0v) is 18.9. The van der Waals surface area contributed by atoms with Gasteiger partial charge < -0.3 is 10.0 Å². The summed E-state index contributed by atoms with van der Waals surface area (Å²) in [6.45, 7) is 1.79. The van der Waals surface area contributed by atoms with Crippen molar-refractivity contribution in [2.24, 2.45) is 19.1 Å². The highest BCUT2D eigenvalue weighted by molar-refractivity contribution is 5.91. The van der Waals surface area contributed by atoms with Gasteiger partial charge >= 0.3 is 11.4 Å². The first-order chi connectivity index (χ1) is 15.6. The van der Waals surface area contributed by atoms with Crippen molar-refractivity contribution in [2.45, 2.75) is 6.92 Å². The molecule has 33 heavy (non-hydrogen) atoms. The van der Waals surface area contributed by atoms with Gasteiger partial charge in [0.15, 0.2) is 0 Å². The Balaban J connectivity index is 1.92. The number of imidazole rings is 1. The molecule has 0 atom stereocenters. The number of aryl methyl sites for hydroxylation is 3. The number of nitrogens with zero attached hydrogens (tertiary/aromatic N) is 5. The Morgan fingerprint density at radius 3 is 2.30 bits per heavy atom. The van der Waals surface area contributed by atoms with E-state index in [1.807, 2.05) is 31.1 Å². The van der Waals surface area contributed by atoms with Crippen molar-refractivity contribution in [1.82, 2.24) is 18.7 Å². The summed E-state index contributed by atoms with van der Waals surface area (Å²) in [5.74, 6) is -0.513. The molecular weight excluding hydrogens is 424 g/mol. The number of fused-ring (bicyclic) bond motifs is 1. The average molecular weight is 448 g/mol. The SMILES string of the molecule is Cc1ccccc1-n1c(O)c(C=Nc2cc3c(cc2N(C)C)n(C)c(=O)n3C)c(=O)[nH]c1=O. The lowest BCUT2D eigenvalue weighted by Crippen LogP contribution is -2.31. The van der Waals surface area contributed by atoms with Gasteiger partial charge in [-0.05, 0) is 30.7 Å². The smallest absolute Gasteiger partial charge is 0.335 e. The third-order valence-electron chi connectivity index (χ3n) is 5.66. The Labute approximate surface area is 188 Å². The summed E-state index contributed by atoms with van der Waals surface area (Å²) in [6, 6.07) is 10.6. The van der Waals surface area contributed by atoms with Crippen LogP contribution in [0.5, 0.6) is 5.88 Å². The number of rotatable bonds is 4. The van der Waals surface area contributed by atoms with Gasteiger partial charge in [0.25, 0.3) is 5.56 Å². The number of nitrogens with one attached hydrogen (secondary N) is 1. The highest BCUT2D eigenvalue weighted by Crippen LogP contribution is 2.32. The van der Waals surface area contributed by atoms with Crippen molar-refractivity contribution in [3.8, 4) is 11.6 Å². The summed E-state index contributed by atoms with van der Waals surface area (Å²) in [5.41, 5.74) is 1.95. The minimum absolute atomic E-state index is 0.162. The average Bonchev–Trinajstić information content (AvgIpc) is 2.97. The lowest BCUT2D eigenvalue weighted by Gasteiger charge is -2.16. The molecule has 2 N–H and O–H groups in total. The van der Waals surface area contributed by atoms with Crippen LogP contribution >= 0.6 is 0 Å². The van der Waals surface area contributed by atoms with Crippen molar-refractivity contribution in [3.63, 3.8) is 0 Å². The fourth-order valence-corrected chi connectivity index (χ4v) is 3.81. The van der Waals surface area contributed by atoms with Crippen molar-refractivity contribution in [3.05, 3.63) is 78.8 Å². The summed E-state index contributed by atoms with van der Waals surface area (Å²) in [4.78, 5) is 45.8. The number of benzene rings is 2. The van der Waals surface area contributed by atoms with Crippen LogP contribution in [0.1, 0.15) is 11.1 Å². The number of para-hydroxylation sites is 1. The van der Waals surface area contributed by atoms with Crippen LogP contribution in [-0.2, 0) is 14.1 Å². The molecule has 0 unspecified atom stereocenters. The van der Waals surface area contributed by atoms with Gasteiger partial charge in [-0.1, -0.05) is 18.2 Å². The van der Waals surface area contributed by atoms with Crippen LogP contribution in [-0.4, -0.2) is 44.1 Å². The zero-order chi connectivity index (χ0) is 24.0. The lowest BCUT2D eigenvalue weighted by molar-refractivity contribution is 0.430. The Hall–Kier alpha value is -4.34. The monoisotopic (exact) mass is 448 g/mol. The zero-order valence-electron chi connectivity index (χ0n) is 18.9. The number of aromatic nitrogens is 4. The Morgan fingerprint density at radius 2 is 1.67 bits per heavy atom. The lowest BCUT2D eigenvalue weighted by atomic mass is 10.2. The van der Waals surface area contributed by atoms with Crippen LogP contribution in [0.3, 0.4) is 0 Å². The summed E-state index contributed by atoms with van der Waals surface area (Å²) in [7, 11) is 7.04. The van der Waals surface area contributed by atoms with E-state index >= 15 is 0 Å². The van der Waals surface area contributed by atoms with Crippen molar-refractivity contribution >= 4 is 28.6 Å². The number of hydrogen-bond acceptors (Lipinski definition) is 6. The second-order valence-electron chi connectivity index (χ2n) is 8.00. The summed E-state index contributed by atoms with van der Waals surface area (Å²) in [5, 5.41) is 10.8. The Morgan fingerprint density at radius 1 is 1.03 bits per heavy atom. The predicted molar refractivity (Wildman–Crippen MR) is 129 cm³/mol. The van der Waals surface area contributed by atoms with Gasteiger partial charge in [0.2, 0.25) is 5.88 Å². The minimum Gasteiger partial charge on any atom is -0.493 e. The number of aromatic hydroxyl groups is 1. The quantitative estimate of drug-likeness (QED) is 0.460. The van der Waals surface area contributed by atoms with E-state index in [1.54, 1.807) is 49.9 Å². The molecule has 0 aliphatic heterocycles. The first-order valence-electron chi connectivity index (χ1n) is 10.2. The van der Waals surface area contributed by atoms with E-state index in [1.165, 1.54) is 10.8 Å². The maximum Gasteiger partial charge on any atom is 0.335 e. The highest BCUT2D eigenvalue weighted by atomic mass is 16.3. The standard InChI is InChI=1S/C23H24N6O4/c1-13-8-6-7-9-16(13)29-21(31)14(20(30)25-22(29)32)12-24-15-10-18-19(11-17(15)26(2)3)28(5)23(33)27(18)4/h6-12,31H,1-5H3,(H,25,30,32). The number of anilines is 1. The molecular formula is C23H24N6O4. The molecule has 4 aromatic rings. The van der Waals surface area contributed by atoms with Gasteiger partial charge in [0, 0.05) is 34.4 Å². The van der Waals surface area contributed by atoms with Gasteiger partial charge in [0.05, 0.1) is 28.1 Å². The molecule has 0 aliphatic carbocycles. The third kappa shape index (κ3) is 3.55. The molecule has 0 spiro atoms. The van der Waals surface area contributed by atoms with E-state index in [2.05, 4.69) is 9.98 Å². The van der Waals surface area contributed by atoms with E-state index in [0.29, 0.717) is 22.6 Å². The Kier molecular flexibility index (Phi) is 5.28. The molecule has 170 valence electrons. The van der Waals surface area contributed by atoms with Crippen LogP contribution < -0.4 is 21.8 Å². The second-order valence-corrected chi connectivity index (χ2v) is 8.00. The second kappa shape index (κ2) is 7.97. The molecule has 0 saturated heterocycles. The number of aliphatic imine (C=N–C) groups is 1. The first kappa shape index (κ1) is 21.9. The molecule has 0 fully saturated rings. The Bertz CT molecular complexity index is 1600. The van der Waals surface area contributed by atoms with Crippen LogP contribution in [0.15, 0.2) is 55.8 Å². The summed E-state index contributed by atoms with van der Waals surface area (Å²) >= 11 is 0. The maximum atomic E-state index is 12.5. The molecule has 0 aliphatic rings. The number of aromatic amines is 1. The first-order valence-corrected chi connectivity index (χ1v) is 10.2. The van der Waals surface area contributed by atoms with E-state index in [0.717, 1.165) is 15.6 Å². The molecule has 2 aromatic heterocycles. The number of hydrogen-bond donors (Lipinski definition) is 2. The molecule has 10 nitrogen and oxygen atoms in total. The van der Waals surface area contributed by atoms with E-state index in [4.69, 9.17) is 0 Å². The minimum atomic E-state index is -0.759. The largest absolute Gasteiger partial charge is 0.493 e. The fourth-order valence-electron chi connectivity index (χ4n) is 3.81. The number of H-pyrrole nitrogens is 1. The van der Waals surface area contributed by atoms with Crippen LogP contribution in [0.25, 0.3) is 16.7 Å². The molecule has 4 rings (SSSR count). The van der Waals surface area contributed by atoms with Crippen LogP contribution in [0.2, 0.25) is 0 Å².